The Morgan fingerprint density at radius 2 is 0.729 bits per heavy atom. The zero-order chi connectivity index (χ0) is 39.5. The second kappa shape index (κ2) is 15.6. The van der Waals surface area contributed by atoms with Gasteiger partial charge in [0.2, 0.25) is 0 Å². The number of fused-ring (bicyclic) bond motifs is 8. The van der Waals surface area contributed by atoms with E-state index in [1.165, 1.54) is 0 Å². The van der Waals surface area contributed by atoms with E-state index < -0.39 is 0 Å². The topological polar surface area (TPSA) is 107 Å². The van der Waals surface area contributed by atoms with Gasteiger partial charge in [0.15, 0.2) is 0 Å². The quantitative estimate of drug-likeness (QED) is 0.0743. The van der Waals surface area contributed by atoms with Gasteiger partial charge in [-0.2, -0.15) is 0 Å². The third kappa shape index (κ3) is 7.06. The number of nitrogens with two attached hydrogens (primary N) is 1. The molecule has 2 aliphatic heterocycles. The van der Waals surface area contributed by atoms with Crippen LogP contribution < -0.4 is 16.4 Å². The van der Waals surface area contributed by atoms with Crippen LogP contribution in [0, 0.1) is 0 Å². The van der Waals surface area contributed by atoms with Crippen molar-refractivity contribution >= 4 is 63.4 Å². The van der Waals surface area contributed by atoms with Crippen LogP contribution >= 0.6 is 0 Å². The van der Waals surface area contributed by atoms with E-state index >= 15 is 0 Å². The fourth-order valence-electron chi connectivity index (χ4n) is 8.05. The van der Waals surface area contributed by atoms with Gasteiger partial charge in [0, 0.05) is 63.1 Å². The summed E-state index contributed by atoms with van der Waals surface area (Å²) in [4.78, 5) is 18.5. The second-order valence-electron chi connectivity index (χ2n) is 14.6. The molecule has 8 aromatic rings. The first-order valence-corrected chi connectivity index (χ1v) is 19.9. The van der Waals surface area contributed by atoms with Crippen LogP contribution in [0.5, 0.6) is 0 Å². The van der Waals surface area contributed by atoms with Crippen LogP contribution in [0.2, 0.25) is 0 Å². The molecule has 6 N–H and O–H groups in total. The molecule has 0 spiro atoms. The summed E-state index contributed by atoms with van der Waals surface area (Å²) in [5.41, 5.74) is 24.6. The Kier molecular flexibility index (Phi) is 9.37. The third-order valence-corrected chi connectivity index (χ3v) is 10.8. The van der Waals surface area contributed by atoms with Crippen molar-refractivity contribution in [1.29, 1.82) is 0 Å². The van der Waals surface area contributed by atoms with Crippen LogP contribution in [-0.2, 0) is 0 Å². The summed E-state index contributed by atoms with van der Waals surface area (Å²) in [6.07, 6.45) is 8.54. The summed E-state index contributed by atoms with van der Waals surface area (Å²) >= 11 is 0. The van der Waals surface area contributed by atoms with E-state index in [0.29, 0.717) is 0 Å². The van der Waals surface area contributed by atoms with Gasteiger partial charge in [-0.1, -0.05) is 115 Å². The maximum Gasteiger partial charge on any atom is 0.0737 e. The first-order chi connectivity index (χ1) is 29.2. The normalized spacial score (nSPS) is 11.8. The molecule has 8 bridgehead atoms. The van der Waals surface area contributed by atoms with E-state index in [1.807, 2.05) is 42.5 Å². The van der Waals surface area contributed by atoms with Crippen molar-refractivity contribution in [3.8, 4) is 44.5 Å². The van der Waals surface area contributed by atoms with E-state index in [2.05, 4.69) is 166 Å². The van der Waals surface area contributed by atoms with Crippen molar-refractivity contribution in [2.75, 3.05) is 29.5 Å². The number of nitrogen functional groups attached to an aromatic ring is 1. The minimum absolute atomic E-state index is 0.729. The summed E-state index contributed by atoms with van der Waals surface area (Å²) in [6.45, 7) is 1.46. The van der Waals surface area contributed by atoms with Crippen molar-refractivity contribution in [2.45, 2.75) is 0 Å². The molecule has 284 valence electrons. The second-order valence-corrected chi connectivity index (χ2v) is 14.6. The molecule has 7 nitrogen and oxygen atoms in total. The number of rotatable bonds is 9. The van der Waals surface area contributed by atoms with Gasteiger partial charge in [-0.25, -0.2) is 9.97 Å². The van der Waals surface area contributed by atoms with Crippen molar-refractivity contribution in [1.82, 2.24) is 19.9 Å². The number of para-hydroxylation sites is 2. The lowest BCUT2D eigenvalue weighted by Gasteiger charge is -2.11. The lowest BCUT2D eigenvalue weighted by Crippen LogP contribution is -2.14. The predicted octanol–water partition coefficient (Wildman–Crippen LogP) is 12.4. The molecule has 2 aliphatic rings. The van der Waals surface area contributed by atoms with Crippen molar-refractivity contribution in [2.24, 2.45) is 0 Å². The highest BCUT2D eigenvalue weighted by molar-refractivity contribution is 5.99. The molecule has 0 saturated heterocycles. The molecule has 0 saturated carbocycles. The van der Waals surface area contributed by atoms with Crippen molar-refractivity contribution < 1.29 is 0 Å². The largest absolute Gasteiger partial charge is 0.397 e. The molecule has 5 aromatic carbocycles. The number of benzene rings is 5. The highest BCUT2D eigenvalue weighted by Crippen LogP contribution is 2.38. The average Bonchev–Trinajstić information content (AvgIpc) is 4.13. The first kappa shape index (κ1) is 35.5. The maximum atomic E-state index is 6.13. The van der Waals surface area contributed by atoms with Gasteiger partial charge >= 0.3 is 0 Å². The van der Waals surface area contributed by atoms with Crippen molar-refractivity contribution in [3.63, 3.8) is 0 Å². The van der Waals surface area contributed by atoms with E-state index in [-0.39, 0.29) is 0 Å². The summed E-state index contributed by atoms with van der Waals surface area (Å²) < 4.78 is 0. The first-order valence-electron chi connectivity index (χ1n) is 19.9. The van der Waals surface area contributed by atoms with Gasteiger partial charge in [0.05, 0.1) is 34.2 Å². The fourth-order valence-corrected chi connectivity index (χ4v) is 8.05. The van der Waals surface area contributed by atoms with Crippen LogP contribution in [0.25, 0.3) is 90.9 Å². The predicted molar refractivity (Wildman–Crippen MR) is 248 cm³/mol. The molecule has 10 rings (SSSR count). The molecule has 7 heteroatoms. The Morgan fingerprint density at radius 3 is 1.14 bits per heavy atom. The number of H-pyrrole nitrogens is 2. The smallest absolute Gasteiger partial charge is 0.0737 e. The number of nitrogens with one attached hydrogen (secondary N) is 4. The molecule has 0 unspecified atom stereocenters. The van der Waals surface area contributed by atoms with Crippen molar-refractivity contribution in [3.05, 3.63) is 187 Å². The number of anilines is 3. The summed E-state index contributed by atoms with van der Waals surface area (Å²) in [6, 6.07) is 56.6. The minimum atomic E-state index is 0.729. The molecule has 5 heterocycles. The monoisotopic (exact) mass is 763 g/mol. The van der Waals surface area contributed by atoms with Gasteiger partial charge in [0.1, 0.15) is 0 Å². The average molecular weight is 764 g/mol. The van der Waals surface area contributed by atoms with Crippen LogP contribution in [0.4, 0.5) is 17.1 Å². The number of hydrogen-bond donors (Lipinski definition) is 5. The fraction of sp³-hybridized carbons (Fsp3) is 0.0385. The lowest BCUT2D eigenvalue weighted by atomic mass is 10.0. The zero-order valence-corrected chi connectivity index (χ0v) is 32.3. The van der Waals surface area contributed by atoms with Gasteiger partial charge < -0.3 is 26.3 Å². The molecule has 0 amide bonds. The van der Waals surface area contributed by atoms with Crippen LogP contribution in [0.15, 0.2) is 164 Å². The van der Waals surface area contributed by atoms with E-state index in [1.54, 1.807) is 0 Å². The number of hydrogen-bond acceptors (Lipinski definition) is 5. The highest BCUT2D eigenvalue weighted by Gasteiger charge is 2.19. The molecule has 0 radical (unpaired) electrons. The summed E-state index contributed by atoms with van der Waals surface area (Å²) in [5, 5.41) is 6.98. The van der Waals surface area contributed by atoms with E-state index in [4.69, 9.17) is 15.7 Å². The SMILES string of the molecule is Nc1ccccc1NCCNc1ccc(-c2c3nc(c(-c4ccccc4)c4ccc([nH]4)c(-c4ccccc4)c4nc(c(-c5ccccc5)c5ccc2[nH]5)C=C4)C=C3)cc1. The maximum absolute atomic E-state index is 6.13. The Balaban J connectivity index is 1.19. The van der Waals surface area contributed by atoms with E-state index in [0.717, 1.165) is 120 Å². The number of aromatic nitrogens is 4. The zero-order valence-electron chi connectivity index (χ0n) is 32.3. The van der Waals surface area contributed by atoms with Crippen LogP contribution in [0.3, 0.4) is 0 Å². The van der Waals surface area contributed by atoms with Crippen LogP contribution in [-0.4, -0.2) is 33.0 Å². The molecule has 0 fully saturated rings. The Labute approximate surface area is 342 Å². The molecule has 0 atom stereocenters. The summed E-state index contributed by atoms with van der Waals surface area (Å²) in [7, 11) is 0. The Bertz CT molecular complexity index is 3000. The molecular formula is C52H41N7. The third-order valence-electron chi connectivity index (χ3n) is 10.8. The standard InChI is InChI=1S/C52H41N7/c53-39-18-10-11-19-40(39)55-33-32-54-38-22-20-37(21-23-38)52-47-30-28-45(58-47)50(35-14-6-2-7-15-35)43-26-24-41(56-43)49(34-12-4-1-5-13-34)42-25-27-44(57-42)51(36-16-8-3-9-17-36)46-29-31-48(52)59-46/h1-31,54-56,59H,32-33,53H2. The minimum Gasteiger partial charge on any atom is -0.397 e. The Hall–Kier alpha value is -7.90. The van der Waals surface area contributed by atoms with Gasteiger partial charge in [-0.05, 0) is 95.1 Å². The van der Waals surface area contributed by atoms with Gasteiger partial charge in [-0.3, -0.25) is 0 Å². The number of aromatic amines is 2. The van der Waals surface area contributed by atoms with Crippen LogP contribution in [0.1, 0.15) is 22.8 Å². The molecule has 0 aliphatic carbocycles. The highest BCUT2D eigenvalue weighted by atomic mass is 15.0. The Morgan fingerprint density at radius 1 is 0.373 bits per heavy atom. The van der Waals surface area contributed by atoms with E-state index in [9.17, 15) is 0 Å². The summed E-state index contributed by atoms with van der Waals surface area (Å²) in [5.74, 6) is 0. The van der Waals surface area contributed by atoms with Gasteiger partial charge in [0.25, 0.3) is 0 Å². The lowest BCUT2D eigenvalue weighted by molar-refractivity contribution is 1.08. The molecule has 3 aromatic heterocycles. The molecular weight excluding hydrogens is 723 g/mol. The number of nitrogens with zero attached hydrogens (tertiary/aromatic N) is 2. The molecule has 59 heavy (non-hydrogen) atoms. The van der Waals surface area contributed by atoms with Gasteiger partial charge in [-0.15, -0.1) is 0 Å².